The van der Waals surface area contributed by atoms with E-state index in [1.807, 2.05) is 43.4 Å². The molecule has 0 aromatic heterocycles. The van der Waals surface area contributed by atoms with Crippen molar-refractivity contribution in [3.05, 3.63) is 77.9 Å². The molecule has 1 aliphatic heterocycles. The van der Waals surface area contributed by atoms with Crippen LogP contribution in [0.15, 0.2) is 66.7 Å². The highest BCUT2D eigenvalue weighted by Gasteiger charge is 2.28. The van der Waals surface area contributed by atoms with Gasteiger partial charge in [0.25, 0.3) is 5.91 Å². The number of amides is 1. The average molecular weight is 288 g/mol. The maximum atomic E-state index is 12.3. The van der Waals surface area contributed by atoms with E-state index in [0.29, 0.717) is 0 Å². The third-order valence-electron chi connectivity index (χ3n) is 4.27. The van der Waals surface area contributed by atoms with Gasteiger partial charge in [-0.05, 0) is 34.5 Å². The molecule has 3 heteroatoms. The third-order valence-corrected chi connectivity index (χ3v) is 4.27. The molecule has 4 rings (SSSR count). The second-order valence-electron chi connectivity index (χ2n) is 5.61. The first-order chi connectivity index (χ1) is 10.7. The van der Waals surface area contributed by atoms with E-state index >= 15 is 0 Å². The molecule has 1 amide bonds. The first-order valence-electron chi connectivity index (χ1n) is 7.35. The molecule has 108 valence electrons. The molecule has 0 saturated heterocycles. The number of para-hydroxylation sites is 1. The number of nitrogens with zero attached hydrogens (tertiary/aromatic N) is 1. The zero-order valence-electron chi connectivity index (χ0n) is 12.3. The Hall–Kier alpha value is -2.81. The Bertz CT molecular complexity index is 872. The molecule has 22 heavy (non-hydrogen) atoms. The van der Waals surface area contributed by atoms with Crippen LogP contribution in [0.5, 0.6) is 0 Å². The largest absolute Gasteiger partial charge is 0.350 e. The second kappa shape index (κ2) is 4.88. The Morgan fingerprint density at radius 2 is 1.64 bits per heavy atom. The van der Waals surface area contributed by atoms with Crippen LogP contribution in [0, 0.1) is 0 Å². The van der Waals surface area contributed by atoms with Crippen molar-refractivity contribution in [1.82, 2.24) is 5.32 Å². The lowest BCUT2D eigenvalue weighted by Gasteiger charge is -2.36. The molecule has 0 fully saturated rings. The summed E-state index contributed by atoms with van der Waals surface area (Å²) in [6.45, 7) is 0. The van der Waals surface area contributed by atoms with Crippen molar-refractivity contribution < 1.29 is 4.79 Å². The van der Waals surface area contributed by atoms with Crippen LogP contribution in [0.25, 0.3) is 10.8 Å². The summed E-state index contributed by atoms with van der Waals surface area (Å²) in [6.07, 6.45) is -0.146. The summed E-state index contributed by atoms with van der Waals surface area (Å²) in [7, 11) is 2.01. The molecule has 3 aromatic rings. The number of nitrogens with one attached hydrogen (secondary N) is 1. The van der Waals surface area contributed by atoms with E-state index in [1.165, 1.54) is 10.8 Å². The third kappa shape index (κ3) is 1.94. The molecule has 1 N–H and O–H groups in total. The van der Waals surface area contributed by atoms with E-state index in [2.05, 4.69) is 40.5 Å². The van der Waals surface area contributed by atoms with Gasteiger partial charge in [0.05, 0.1) is 11.3 Å². The molecular weight excluding hydrogens is 272 g/mol. The number of hydrogen-bond donors (Lipinski definition) is 1. The number of carbonyl (C=O) groups excluding carboxylic acids is 1. The van der Waals surface area contributed by atoms with E-state index < -0.39 is 0 Å². The maximum Gasteiger partial charge on any atom is 0.255 e. The molecule has 1 aliphatic rings. The highest BCUT2D eigenvalue weighted by molar-refractivity contribution is 6.02. The lowest BCUT2D eigenvalue weighted by atomic mass is 10.0. The van der Waals surface area contributed by atoms with E-state index in [4.69, 9.17) is 0 Å². The van der Waals surface area contributed by atoms with Gasteiger partial charge in [-0.2, -0.15) is 0 Å². The van der Waals surface area contributed by atoms with Crippen molar-refractivity contribution >= 4 is 22.4 Å². The fourth-order valence-electron chi connectivity index (χ4n) is 3.10. The maximum absolute atomic E-state index is 12.3. The summed E-state index contributed by atoms with van der Waals surface area (Å²) < 4.78 is 0. The highest BCUT2D eigenvalue weighted by atomic mass is 16.2. The number of carbonyl (C=O) groups is 1. The van der Waals surface area contributed by atoms with E-state index in [-0.39, 0.29) is 12.1 Å². The summed E-state index contributed by atoms with van der Waals surface area (Å²) in [6, 6.07) is 22.3. The van der Waals surface area contributed by atoms with Crippen LogP contribution in [-0.4, -0.2) is 13.0 Å². The fourth-order valence-corrected chi connectivity index (χ4v) is 3.10. The van der Waals surface area contributed by atoms with Gasteiger partial charge < -0.3 is 10.2 Å². The Labute approximate surface area is 129 Å². The molecule has 0 aliphatic carbocycles. The summed E-state index contributed by atoms with van der Waals surface area (Å²) in [4.78, 5) is 14.5. The topological polar surface area (TPSA) is 32.3 Å². The standard InChI is InChI=1S/C19H16N2O/c1-21-17-9-5-4-8-16(17)19(22)20-18(21)15-11-10-13-6-2-3-7-14(13)12-15/h2-12,18H,1H3,(H,20,22)/t18-/m1/s1. The van der Waals surface area contributed by atoms with Crippen LogP contribution in [0.2, 0.25) is 0 Å². The average Bonchev–Trinajstić information content (AvgIpc) is 2.58. The van der Waals surface area contributed by atoms with Crippen LogP contribution >= 0.6 is 0 Å². The Kier molecular flexibility index (Phi) is 2.86. The number of hydrogen-bond acceptors (Lipinski definition) is 2. The van der Waals surface area contributed by atoms with Crippen LogP contribution in [0.4, 0.5) is 5.69 Å². The van der Waals surface area contributed by atoms with Gasteiger partial charge in [0.2, 0.25) is 0 Å². The molecule has 1 atom stereocenters. The van der Waals surface area contributed by atoms with Crippen molar-refractivity contribution in [1.29, 1.82) is 0 Å². The molecule has 0 unspecified atom stereocenters. The molecule has 0 radical (unpaired) electrons. The van der Waals surface area contributed by atoms with Gasteiger partial charge in [-0.15, -0.1) is 0 Å². The number of fused-ring (bicyclic) bond motifs is 2. The molecule has 0 spiro atoms. The van der Waals surface area contributed by atoms with Gasteiger partial charge in [0, 0.05) is 7.05 Å². The van der Waals surface area contributed by atoms with E-state index in [1.54, 1.807) is 0 Å². The summed E-state index contributed by atoms with van der Waals surface area (Å²) in [5.74, 6) is -0.0214. The SMILES string of the molecule is CN1c2ccccc2C(=O)N[C@H]1c1ccc2ccccc2c1. The predicted molar refractivity (Wildman–Crippen MR) is 89.0 cm³/mol. The Morgan fingerprint density at radius 3 is 2.50 bits per heavy atom. The van der Waals surface area contributed by atoms with Crippen LogP contribution < -0.4 is 10.2 Å². The lowest BCUT2D eigenvalue weighted by Crippen LogP contribution is -2.44. The summed E-state index contributed by atoms with van der Waals surface area (Å²) in [5, 5.41) is 5.48. The zero-order chi connectivity index (χ0) is 15.1. The summed E-state index contributed by atoms with van der Waals surface area (Å²) >= 11 is 0. The molecule has 3 nitrogen and oxygen atoms in total. The molecular formula is C19H16N2O. The Morgan fingerprint density at radius 1 is 0.909 bits per heavy atom. The van der Waals surface area contributed by atoms with Crippen molar-refractivity contribution in [3.63, 3.8) is 0 Å². The fraction of sp³-hybridized carbons (Fsp3) is 0.105. The summed E-state index contributed by atoms with van der Waals surface area (Å²) in [5.41, 5.74) is 2.77. The first kappa shape index (κ1) is 12.9. The zero-order valence-corrected chi connectivity index (χ0v) is 12.3. The smallest absolute Gasteiger partial charge is 0.255 e. The van der Waals surface area contributed by atoms with Gasteiger partial charge in [0.1, 0.15) is 6.17 Å². The molecule has 3 aromatic carbocycles. The van der Waals surface area contributed by atoms with Crippen molar-refractivity contribution in [2.24, 2.45) is 0 Å². The van der Waals surface area contributed by atoms with Gasteiger partial charge in [-0.1, -0.05) is 48.5 Å². The number of rotatable bonds is 1. The van der Waals surface area contributed by atoms with Crippen molar-refractivity contribution in [2.75, 3.05) is 11.9 Å². The van der Waals surface area contributed by atoms with Crippen LogP contribution in [0.1, 0.15) is 22.1 Å². The highest BCUT2D eigenvalue weighted by Crippen LogP contribution is 2.32. The minimum Gasteiger partial charge on any atom is -0.350 e. The van der Waals surface area contributed by atoms with E-state index in [9.17, 15) is 4.79 Å². The van der Waals surface area contributed by atoms with Gasteiger partial charge in [0.15, 0.2) is 0 Å². The van der Waals surface area contributed by atoms with Gasteiger partial charge >= 0.3 is 0 Å². The lowest BCUT2D eigenvalue weighted by molar-refractivity contribution is 0.0928. The van der Waals surface area contributed by atoms with Crippen molar-refractivity contribution in [2.45, 2.75) is 6.17 Å². The minimum atomic E-state index is -0.146. The van der Waals surface area contributed by atoms with Gasteiger partial charge in [-0.25, -0.2) is 0 Å². The number of anilines is 1. The first-order valence-corrected chi connectivity index (χ1v) is 7.35. The van der Waals surface area contributed by atoms with Crippen LogP contribution in [0.3, 0.4) is 0 Å². The van der Waals surface area contributed by atoms with Crippen LogP contribution in [-0.2, 0) is 0 Å². The Balaban J connectivity index is 1.80. The molecule has 0 bridgehead atoms. The molecule has 1 heterocycles. The predicted octanol–water partition coefficient (Wildman–Crippen LogP) is 3.72. The van der Waals surface area contributed by atoms with Gasteiger partial charge in [-0.3, -0.25) is 4.79 Å². The minimum absolute atomic E-state index is 0.0214. The van der Waals surface area contributed by atoms with E-state index in [0.717, 1.165) is 16.8 Å². The molecule has 0 saturated carbocycles. The second-order valence-corrected chi connectivity index (χ2v) is 5.61. The normalized spacial score (nSPS) is 17.2. The number of benzene rings is 3. The van der Waals surface area contributed by atoms with Crippen molar-refractivity contribution in [3.8, 4) is 0 Å². The monoisotopic (exact) mass is 288 g/mol. The quantitative estimate of drug-likeness (QED) is 0.740.